The maximum Gasteiger partial charge on any atom is 0.265 e. The molecule has 1 aliphatic heterocycles. The van der Waals surface area contributed by atoms with E-state index >= 15 is 0 Å². The fourth-order valence-electron chi connectivity index (χ4n) is 2.15. The van der Waals surface area contributed by atoms with Gasteiger partial charge in [-0.2, -0.15) is 0 Å². The number of halogens is 2. The summed E-state index contributed by atoms with van der Waals surface area (Å²) in [5.74, 6) is -2.39. The Morgan fingerprint density at radius 3 is 2.61 bits per heavy atom. The molecule has 2 amide bonds. The molecule has 0 saturated carbocycles. The number of hydrogen-bond acceptors (Lipinski definition) is 3. The maximum absolute atomic E-state index is 13.6. The van der Waals surface area contributed by atoms with E-state index in [2.05, 4.69) is 10.6 Å². The van der Waals surface area contributed by atoms with E-state index in [-0.39, 0.29) is 11.5 Å². The minimum Gasteiger partial charge on any atom is -0.479 e. The predicted molar refractivity (Wildman–Crippen MR) is 79.5 cm³/mol. The number of carbonyl (C=O) groups excluding carboxylic acids is 2. The van der Waals surface area contributed by atoms with Gasteiger partial charge in [0.2, 0.25) is 0 Å². The van der Waals surface area contributed by atoms with Gasteiger partial charge in [-0.05, 0) is 37.3 Å². The highest BCUT2D eigenvalue weighted by Crippen LogP contribution is 2.31. The maximum atomic E-state index is 13.6. The van der Waals surface area contributed by atoms with E-state index in [0.717, 1.165) is 12.1 Å². The van der Waals surface area contributed by atoms with Gasteiger partial charge in [0, 0.05) is 5.56 Å². The second kappa shape index (κ2) is 5.68. The van der Waals surface area contributed by atoms with Crippen LogP contribution in [0.5, 0.6) is 5.75 Å². The minimum absolute atomic E-state index is 0.148. The van der Waals surface area contributed by atoms with Crippen molar-refractivity contribution in [2.75, 3.05) is 10.6 Å². The van der Waals surface area contributed by atoms with Gasteiger partial charge in [-0.15, -0.1) is 0 Å². The highest BCUT2D eigenvalue weighted by molar-refractivity contribution is 6.06. The SMILES string of the molecule is CC1Oc2cc(C(=O)Nc3c(F)cccc3F)ccc2NC1=O. The molecule has 7 heteroatoms. The van der Waals surface area contributed by atoms with E-state index in [4.69, 9.17) is 4.74 Å². The van der Waals surface area contributed by atoms with E-state index in [1.807, 2.05) is 0 Å². The predicted octanol–water partition coefficient (Wildman–Crippen LogP) is 2.94. The molecule has 0 bridgehead atoms. The Balaban J connectivity index is 1.86. The second-order valence-electron chi connectivity index (χ2n) is 5.01. The van der Waals surface area contributed by atoms with Crippen LogP contribution < -0.4 is 15.4 Å². The van der Waals surface area contributed by atoms with E-state index in [1.54, 1.807) is 6.92 Å². The molecule has 23 heavy (non-hydrogen) atoms. The first-order chi connectivity index (χ1) is 11.0. The summed E-state index contributed by atoms with van der Waals surface area (Å²) in [5, 5.41) is 4.82. The largest absolute Gasteiger partial charge is 0.479 e. The fraction of sp³-hybridized carbons (Fsp3) is 0.125. The highest BCUT2D eigenvalue weighted by Gasteiger charge is 2.24. The van der Waals surface area contributed by atoms with Crippen molar-refractivity contribution in [3.8, 4) is 5.75 Å². The molecule has 0 aromatic heterocycles. The number of benzene rings is 2. The summed E-state index contributed by atoms with van der Waals surface area (Å²) in [6.45, 7) is 1.57. The molecule has 1 atom stereocenters. The summed E-state index contributed by atoms with van der Waals surface area (Å²) in [4.78, 5) is 23.7. The third-order valence-electron chi connectivity index (χ3n) is 3.38. The summed E-state index contributed by atoms with van der Waals surface area (Å²) < 4.78 is 32.5. The molecule has 0 radical (unpaired) electrons. The Labute approximate surface area is 130 Å². The van der Waals surface area contributed by atoms with Crippen molar-refractivity contribution in [1.82, 2.24) is 0 Å². The van der Waals surface area contributed by atoms with Crippen molar-refractivity contribution in [2.24, 2.45) is 0 Å². The van der Waals surface area contributed by atoms with E-state index in [0.29, 0.717) is 11.4 Å². The standard InChI is InChI=1S/C16H12F2N2O3/c1-8-15(21)19-12-6-5-9(7-13(12)23-8)16(22)20-14-10(17)3-2-4-11(14)18/h2-8H,1H3,(H,19,21)(H,20,22). The molecular formula is C16H12F2N2O3. The number of ether oxygens (including phenoxy) is 1. The lowest BCUT2D eigenvalue weighted by atomic mass is 10.1. The zero-order valence-electron chi connectivity index (χ0n) is 12.0. The van der Waals surface area contributed by atoms with Gasteiger partial charge in [0.1, 0.15) is 23.1 Å². The van der Waals surface area contributed by atoms with Crippen molar-refractivity contribution in [3.63, 3.8) is 0 Å². The zero-order valence-corrected chi connectivity index (χ0v) is 12.0. The monoisotopic (exact) mass is 318 g/mol. The number of carbonyl (C=O) groups is 2. The van der Waals surface area contributed by atoms with Crippen molar-refractivity contribution in [1.29, 1.82) is 0 Å². The Morgan fingerprint density at radius 2 is 1.91 bits per heavy atom. The van der Waals surface area contributed by atoms with Crippen LogP contribution in [0.15, 0.2) is 36.4 Å². The van der Waals surface area contributed by atoms with Gasteiger partial charge in [0.05, 0.1) is 5.69 Å². The summed E-state index contributed by atoms with van der Waals surface area (Å²) in [7, 11) is 0. The summed E-state index contributed by atoms with van der Waals surface area (Å²) >= 11 is 0. The molecule has 2 aromatic carbocycles. The molecule has 0 saturated heterocycles. The second-order valence-corrected chi connectivity index (χ2v) is 5.01. The molecule has 3 rings (SSSR count). The molecular weight excluding hydrogens is 306 g/mol. The summed E-state index contributed by atoms with van der Waals surface area (Å²) in [6, 6.07) is 7.62. The molecule has 2 aromatic rings. The van der Waals surface area contributed by atoms with Crippen LogP contribution in [0.2, 0.25) is 0 Å². The van der Waals surface area contributed by atoms with E-state index in [9.17, 15) is 18.4 Å². The molecule has 1 aliphatic rings. The lowest BCUT2D eigenvalue weighted by Crippen LogP contribution is -2.34. The average Bonchev–Trinajstić information content (AvgIpc) is 2.51. The van der Waals surface area contributed by atoms with Gasteiger partial charge in [-0.1, -0.05) is 6.07 Å². The van der Waals surface area contributed by atoms with Crippen molar-refractivity contribution >= 4 is 23.2 Å². The van der Waals surface area contributed by atoms with Crippen LogP contribution in [0.3, 0.4) is 0 Å². The average molecular weight is 318 g/mol. The molecule has 1 unspecified atom stereocenters. The number of nitrogens with one attached hydrogen (secondary N) is 2. The first kappa shape index (κ1) is 15.0. The van der Waals surface area contributed by atoms with Gasteiger partial charge < -0.3 is 15.4 Å². The minimum atomic E-state index is -0.867. The Morgan fingerprint density at radius 1 is 1.22 bits per heavy atom. The smallest absolute Gasteiger partial charge is 0.265 e. The molecule has 5 nitrogen and oxygen atoms in total. The highest BCUT2D eigenvalue weighted by atomic mass is 19.1. The van der Waals surface area contributed by atoms with Gasteiger partial charge in [0.25, 0.3) is 11.8 Å². The molecule has 0 aliphatic carbocycles. The number of rotatable bonds is 2. The number of amides is 2. The third kappa shape index (κ3) is 2.85. The number of fused-ring (bicyclic) bond motifs is 1. The summed E-state index contributed by atoms with van der Waals surface area (Å²) in [6.07, 6.45) is -0.690. The van der Waals surface area contributed by atoms with Gasteiger partial charge in [-0.3, -0.25) is 9.59 Å². The number of anilines is 2. The van der Waals surface area contributed by atoms with Crippen molar-refractivity contribution in [2.45, 2.75) is 13.0 Å². The Hall–Kier alpha value is -2.96. The molecule has 0 spiro atoms. The van der Waals surface area contributed by atoms with Crippen LogP contribution in [0.1, 0.15) is 17.3 Å². The zero-order chi connectivity index (χ0) is 16.6. The number of hydrogen-bond donors (Lipinski definition) is 2. The summed E-state index contributed by atoms with van der Waals surface area (Å²) in [5.41, 5.74) is 0.0642. The first-order valence-electron chi connectivity index (χ1n) is 6.82. The van der Waals surface area contributed by atoms with Crippen LogP contribution in [0.4, 0.5) is 20.2 Å². The van der Waals surface area contributed by atoms with Gasteiger partial charge in [-0.25, -0.2) is 8.78 Å². The fourth-order valence-corrected chi connectivity index (χ4v) is 2.15. The number of para-hydroxylation sites is 1. The van der Waals surface area contributed by atoms with Crippen molar-refractivity contribution < 1.29 is 23.1 Å². The first-order valence-corrected chi connectivity index (χ1v) is 6.82. The van der Waals surface area contributed by atoms with E-state index < -0.39 is 29.3 Å². The van der Waals surface area contributed by atoms with Gasteiger partial charge in [0.15, 0.2) is 6.10 Å². The normalized spacial score (nSPS) is 16.1. The van der Waals surface area contributed by atoms with Crippen LogP contribution in [-0.2, 0) is 4.79 Å². The third-order valence-corrected chi connectivity index (χ3v) is 3.38. The Kier molecular flexibility index (Phi) is 3.69. The molecule has 0 fully saturated rings. The lowest BCUT2D eigenvalue weighted by Gasteiger charge is -2.23. The quantitative estimate of drug-likeness (QED) is 0.894. The Bertz CT molecular complexity index is 788. The lowest BCUT2D eigenvalue weighted by molar-refractivity contribution is -0.122. The van der Waals surface area contributed by atoms with Crippen LogP contribution >= 0.6 is 0 Å². The molecule has 1 heterocycles. The molecule has 2 N–H and O–H groups in total. The topological polar surface area (TPSA) is 67.4 Å². The molecule has 118 valence electrons. The van der Waals surface area contributed by atoms with Crippen LogP contribution in [0.25, 0.3) is 0 Å². The van der Waals surface area contributed by atoms with Crippen LogP contribution in [0, 0.1) is 11.6 Å². The van der Waals surface area contributed by atoms with Gasteiger partial charge >= 0.3 is 0 Å². The van der Waals surface area contributed by atoms with Crippen LogP contribution in [-0.4, -0.2) is 17.9 Å². The van der Waals surface area contributed by atoms with E-state index in [1.165, 1.54) is 24.3 Å². The van der Waals surface area contributed by atoms with Crippen molar-refractivity contribution in [3.05, 3.63) is 53.6 Å².